The minimum atomic E-state index is -0.0513. The molecule has 150 valence electrons. The molecule has 0 N–H and O–H groups in total. The van der Waals surface area contributed by atoms with Gasteiger partial charge in [-0.15, -0.1) is 0 Å². The molecule has 0 aliphatic carbocycles. The second-order valence-electron chi connectivity index (χ2n) is 7.44. The Hall–Kier alpha value is -4.12. The van der Waals surface area contributed by atoms with Crippen molar-refractivity contribution in [1.29, 1.82) is 0 Å². The highest BCUT2D eigenvalue weighted by Crippen LogP contribution is 2.19. The zero-order valence-electron chi connectivity index (χ0n) is 16.8. The van der Waals surface area contributed by atoms with E-state index in [1.807, 2.05) is 77.8 Å². The van der Waals surface area contributed by atoms with E-state index < -0.39 is 0 Å². The van der Waals surface area contributed by atoms with Crippen LogP contribution in [0.15, 0.2) is 97.5 Å². The number of para-hydroxylation sites is 1. The van der Waals surface area contributed by atoms with Gasteiger partial charge in [-0.05, 0) is 41.5 Å². The summed E-state index contributed by atoms with van der Waals surface area (Å²) < 4.78 is 0. The molecule has 5 rings (SSSR count). The summed E-state index contributed by atoms with van der Waals surface area (Å²) in [6.45, 7) is 0.967. The lowest BCUT2D eigenvalue weighted by Crippen LogP contribution is -2.30. The summed E-state index contributed by atoms with van der Waals surface area (Å²) in [4.78, 5) is 28.6. The van der Waals surface area contributed by atoms with Crippen LogP contribution >= 0.6 is 0 Å². The first kappa shape index (κ1) is 18.9. The summed E-state index contributed by atoms with van der Waals surface area (Å²) in [5, 5.41) is 1.06. The van der Waals surface area contributed by atoms with Crippen LogP contribution in [0.4, 0.5) is 0 Å². The van der Waals surface area contributed by atoms with Crippen molar-refractivity contribution in [2.45, 2.75) is 13.1 Å². The van der Waals surface area contributed by atoms with E-state index in [4.69, 9.17) is 0 Å². The molecule has 0 saturated heterocycles. The van der Waals surface area contributed by atoms with Crippen LogP contribution in [0.3, 0.4) is 0 Å². The molecule has 0 spiro atoms. The second-order valence-corrected chi connectivity index (χ2v) is 7.44. The number of pyridine rings is 1. The molecule has 2 heterocycles. The summed E-state index contributed by atoms with van der Waals surface area (Å²) in [5.41, 5.74) is 5.08. The van der Waals surface area contributed by atoms with Crippen molar-refractivity contribution in [3.63, 3.8) is 0 Å². The van der Waals surface area contributed by atoms with Gasteiger partial charge in [0.1, 0.15) is 0 Å². The summed E-state index contributed by atoms with van der Waals surface area (Å²) in [7, 11) is 0. The number of aromatic nitrogens is 3. The lowest BCUT2D eigenvalue weighted by atomic mass is 10.1. The van der Waals surface area contributed by atoms with Gasteiger partial charge in [-0.2, -0.15) is 0 Å². The number of carbonyl (C=O) groups is 1. The van der Waals surface area contributed by atoms with Gasteiger partial charge in [0, 0.05) is 42.6 Å². The van der Waals surface area contributed by atoms with Crippen molar-refractivity contribution < 1.29 is 4.79 Å². The zero-order chi connectivity index (χ0) is 21.0. The van der Waals surface area contributed by atoms with Crippen molar-refractivity contribution in [1.82, 2.24) is 19.9 Å². The SMILES string of the molecule is O=C(c1ccc2nccnc2c1)N(Cc1ccccc1)Cc1cnc2ccccc2c1. The third-order valence-electron chi connectivity index (χ3n) is 5.24. The molecule has 0 fully saturated rings. The largest absolute Gasteiger partial charge is 0.330 e. The van der Waals surface area contributed by atoms with Gasteiger partial charge >= 0.3 is 0 Å². The summed E-state index contributed by atoms with van der Waals surface area (Å²) in [6, 6.07) is 25.6. The monoisotopic (exact) mass is 404 g/mol. The van der Waals surface area contributed by atoms with E-state index in [2.05, 4.69) is 21.0 Å². The molecule has 0 unspecified atom stereocenters. The van der Waals surface area contributed by atoms with E-state index in [1.165, 1.54) is 0 Å². The normalized spacial score (nSPS) is 11.0. The Kier molecular flexibility index (Phi) is 5.07. The maximum atomic E-state index is 13.5. The Labute approximate surface area is 180 Å². The number of fused-ring (bicyclic) bond motifs is 2. The number of benzene rings is 3. The van der Waals surface area contributed by atoms with E-state index >= 15 is 0 Å². The van der Waals surface area contributed by atoms with Gasteiger partial charge in [-0.25, -0.2) is 0 Å². The van der Waals surface area contributed by atoms with Gasteiger partial charge in [0.2, 0.25) is 0 Å². The minimum Gasteiger partial charge on any atom is -0.330 e. The average Bonchev–Trinajstić information content (AvgIpc) is 2.83. The molecule has 0 radical (unpaired) electrons. The molecule has 1 amide bonds. The maximum absolute atomic E-state index is 13.5. The van der Waals surface area contributed by atoms with Crippen molar-refractivity contribution in [2.75, 3.05) is 0 Å². The van der Waals surface area contributed by atoms with Crippen molar-refractivity contribution >= 4 is 27.8 Å². The van der Waals surface area contributed by atoms with Gasteiger partial charge in [-0.3, -0.25) is 19.7 Å². The molecule has 0 aliphatic heterocycles. The van der Waals surface area contributed by atoms with E-state index in [-0.39, 0.29) is 5.91 Å². The van der Waals surface area contributed by atoms with E-state index in [0.29, 0.717) is 24.2 Å². The maximum Gasteiger partial charge on any atom is 0.254 e. The Morgan fingerprint density at radius 2 is 1.42 bits per heavy atom. The Bertz CT molecular complexity index is 1370. The standard InChI is InChI=1S/C26H20N4O/c31-26(22-10-11-24-25(15-22)28-13-12-27-24)30(17-19-6-2-1-3-7-19)18-20-14-21-8-4-5-9-23(21)29-16-20/h1-16H,17-18H2. The number of carbonyl (C=O) groups excluding carboxylic acids is 1. The summed E-state index contributed by atoms with van der Waals surface area (Å²) in [5.74, 6) is -0.0513. The summed E-state index contributed by atoms with van der Waals surface area (Å²) in [6.07, 6.45) is 5.14. The third kappa shape index (κ3) is 4.12. The summed E-state index contributed by atoms with van der Waals surface area (Å²) >= 11 is 0. The van der Waals surface area contributed by atoms with Crippen LogP contribution in [0.25, 0.3) is 21.9 Å². The molecular formula is C26H20N4O. The first-order valence-electron chi connectivity index (χ1n) is 10.1. The van der Waals surface area contributed by atoms with Crippen LogP contribution in [-0.4, -0.2) is 25.8 Å². The Morgan fingerprint density at radius 3 is 2.29 bits per heavy atom. The third-order valence-corrected chi connectivity index (χ3v) is 5.24. The van der Waals surface area contributed by atoms with Gasteiger partial charge in [0.15, 0.2) is 0 Å². The van der Waals surface area contributed by atoms with Gasteiger partial charge in [-0.1, -0.05) is 48.5 Å². The second kappa shape index (κ2) is 8.32. The topological polar surface area (TPSA) is 59.0 Å². The van der Waals surface area contributed by atoms with Crippen molar-refractivity contribution in [2.24, 2.45) is 0 Å². The van der Waals surface area contributed by atoms with Crippen LogP contribution < -0.4 is 0 Å². The smallest absolute Gasteiger partial charge is 0.254 e. The first-order valence-corrected chi connectivity index (χ1v) is 10.1. The number of hydrogen-bond acceptors (Lipinski definition) is 4. The Morgan fingerprint density at radius 1 is 0.677 bits per heavy atom. The molecule has 0 bridgehead atoms. The fourth-order valence-electron chi connectivity index (χ4n) is 3.71. The molecule has 0 aliphatic rings. The molecule has 3 aromatic carbocycles. The highest BCUT2D eigenvalue weighted by atomic mass is 16.2. The van der Waals surface area contributed by atoms with Crippen LogP contribution in [0.1, 0.15) is 21.5 Å². The Balaban J connectivity index is 1.49. The van der Waals surface area contributed by atoms with Crippen LogP contribution in [0, 0.1) is 0 Å². The lowest BCUT2D eigenvalue weighted by molar-refractivity contribution is 0.0730. The van der Waals surface area contributed by atoms with Crippen molar-refractivity contribution in [3.8, 4) is 0 Å². The fraction of sp³-hybridized carbons (Fsp3) is 0.0769. The highest BCUT2D eigenvalue weighted by Gasteiger charge is 2.18. The van der Waals surface area contributed by atoms with Crippen molar-refractivity contribution in [3.05, 3.63) is 114 Å². The predicted molar refractivity (Wildman–Crippen MR) is 121 cm³/mol. The van der Waals surface area contributed by atoms with Gasteiger partial charge < -0.3 is 4.90 Å². The van der Waals surface area contributed by atoms with E-state index in [0.717, 1.165) is 27.5 Å². The van der Waals surface area contributed by atoms with Crippen LogP contribution in [-0.2, 0) is 13.1 Å². The molecule has 31 heavy (non-hydrogen) atoms. The molecule has 5 aromatic rings. The molecule has 5 heteroatoms. The predicted octanol–water partition coefficient (Wildman–Crippen LogP) is 5.02. The number of amides is 1. The fourth-order valence-corrected chi connectivity index (χ4v) is 3.71. The lowest BCUT2D eigenvalue weighted by Gasteiger charge is -2.23. The van der Waals surface area contributed by atoms with Crippen LogP contribution in [0.2, 0.25) is 0 Å². The minimum absolute atomic E-state index is 0.0513. The molecule has 2 aromatic heterocycles. The van der Waals surface area contributed by atoms with Crippen LogP contribution in [0.5, 0.6) is 0 Å². The number of nitrogens with zero attached hydrogens (tertiary/aromatic N) is 4. The highest BCUT2D eigenvalue weighted by molar-refractivity contribution is 5.97. The molecule has 0 saturated carbocycles. The quantitative estimate of drug-likeness (QED) is 0.413. The number of rotatable bonds is 5. The molecule has 5 nitrogen and oxygen atoms in total. The van der Waals surface area contributed by atoms with E-state index in [1.54, 1.807) is 18.5 Å². The molecule has 0 atom stereocenters. The van der Waals surface area contributed by atoms with E-state index in [9.17, 15) is 4.79 Å². The number of hydrogen-bond donors (Lipinski definition) is 0. The zero-order valence-corrected chi connectivity index (χ0v) is 16.8. The average molecular weight is 404 g/mol. The van der Waals surface area contributed by atoms with Gasteiger partial charge in [0.25, 0.3) is 5.91 Å². The first-order chi connectivity index (χ1) is 15.3. The van der Waals surface area contributed by atoms with Gasteiger partial charge in [0.05, 0.1) is 16.6 Å². The molecular weight excluding hydrogens is 384 g/mol.